The highest BCUT2D eigenvalue weighted by Gasteiger charge is 2.14. The molecule has 0 spiro atoms. The van der Waals surface area contributed by atoms with Gasteiger partial charge in [-0.3, -0.25) is 0 Å². The van der Waals surface area contributed by atoms with E-state index in [1.54, 1.807) is 28.8 Å². The summed E-state index contributed by atoms with van der Waals surface area (Å²) in [5.74, 6) is 2.57. The van der Waals surface area contributed by atoms with Crippen molar-refractivity contribution >= 4 is 31.6 Å². The van der Waals surface area contributed by atoms with E-state index in [1.165, 1.54) is 11.3 Å². The normalized spacial score (nSPS) is 12.5. The first-order valence-electron chi connectivity index (χ1n) is 7.32. The fourth-order valence-corrected chi connectivity index (χ4v) is 4.69. The van der Waals surface area contributed by atoms with Crippen molar-refractivity contribution in [1.29, 1.82) is 0 Å². The zero-order valence-corrected chi connectivity index (χ0v) is 15.0. The van der Waals surface area contributed by atoms with Gasteiger partial charge in [0.2, 0.25) is 4.80 Å². The van der Waals surface area contributed by atoms with Crippen LogP contribution in [0.1, 0.15) is 11.1 Å². The molecule has 3 rings (SSSR count). The highest BCUT2D eigenvalue weighted by molar-refractivity contribution is 7.90. The minimum Gasteiger partial charge on any atom is -0.304 e. The van der Waals surface area contributed by atoms with Crippen LogP contribution in [0.2, 0.25) is 0 Å². The van der Waals surface area contributed by atoms with Gasteiger partial charge in [-0.2, -0.15) is 8.42 Å². The second-order valence-electron chi connectivity index (χ2n) is 5.53. The summed E-state index contributed by atoms with van der Waals surface area (Å²) in [6, 6.07) is 12.6. The Morgan fingerprint density at radius 2 is 1.79 bits per heavy atom. The largest absolute Gasteiger partial charge is 0.304 e. The first kappa shape index (κ1) is 16.5. The molecule has 1 heterocycles. The third-order valence-corrected chi connectivity index (χ3v) is 6.04. The van der Waals surface area contributed by atoms with Gasteiger partial charge >= 0.3 is 0 Å². The van der Waals surface area contributed by atoms with Gasteiger partial charge in [-0.15, -0.1) is 10.8 Å². The van der Waals surface area contributed by atoms with Crippen molar-refractivity contribution in [1.82, 2.24) is 4.57 Å². The zero-order valence-electron chi connectivity index (χ0n) is 13.4. The van der Waals surface area contributed by atoms with Crippen LogP contribution in [-0.4, -0.2) is 13.0 Å². The molecular formula is C18H16N2O2S2. The second kappa shape index (κ2) is 6.27. The molecule has 0 saturated heterocycles. The molecule has 0 saturated carbocycles. The summed E-state index contributed by atoms with van der Waals surface area (Å²) in [5.41, 5.74) is 2.99. The van der Waals surface area contributed by atoms with Gasteiger partial charge in [0.15, 0.2) is 0 Å². The molecule has 0 N–H and O–H groups in total. The maximum atomic E-state index is 12.6. The van der Waals surface area contributed by atoms with E-state index in [4.69, 9.17) is 6.42 Å². The summed E-state index contributed by atoms with van der Waals surface area (Å²) in [7, 11) is -3.78. The van der Waals surface area contributed by atoms with E-state index in [0.717, 1.165) is 21.3 Å². The van der Waals surface area contributed by atoms with E-state index in [2.05, 4.69) is 10.3 Å². The quantitative estimate of drug-likeness (QED) is 0.677. The van der Waals surface area contributed by atoms with E-state index in [1.807, 2.05) is 32.0 Å². The van der Waals surface area contributed by atoms with Crippen molar-refractivity contribution < 1.29 is 8.42 Å². The van der Waals surface area contributed by atoms with Gasteiger partial charge in [-0.25, -0.2) is 0 Å². The van der Waals surface area contributed by atoms with Gasteiger partial charge in [0.05, 0.1) is 21.7 Å². The fourth-order valence-electron chi connectivity index (χ4n) is 2.36. The van der Waals surface area contributed by atoms with Gasteiger partial charge in [-0.1, -0.05) is 41.0 Å². The standard InChI is InChI=1S/C18H16N2O2S2/c1-4-11-20-16-10-7-14(3)12-17(16)23-18(20)19-24(21,22)15-8-5-13(2)6-9-15/h1,5-10,12H,11H2,2-3H3/b19-18-. The Kier molecular flexibility index (Phi) is 4.31. The average molecular weight is 356 g/mol. The van der Waals surface area contributed by atoms with E-state index in [-0.39, 0.29) is 11.4 Å². The van der Waals surface area contributed by atoms with Crippen molar-refractivity contribution in [2.45, 2.75) is 25.3 Å². The number of aryl methyl sites for hydroxylation is 2. The topological polar surface area (TPSA) is 51.4 Å². The summed E-state index contributed by atoms with van der Waals surface area (Å²) in [6.07, 6.45) is 5.44. The lowest BCUT2D eigenvalue weighted by molar-refractivity contribution is 0.596. The Hall–Kier alpha value is -2.36. The molecule has 0 fully saturated rings. The Bertz CT molecular complexity index is 1110. The highest BCUT2D eigenvalue weighted by atomic mass is 32.2. The molecule has 0 aliphatic rings. The predicted octanol–water partition coefficient (Wildman–Crippen LogP) is 3.24. The smallest absolute Gasteiger partial charge is 0.285 e. The number of rotatable bonds is 3. The number of terminal acetylenes is 1. The van der Waals surface area contributed by atoms with Crippen LogP contribution >= 0.6 is 11.3 Å². The number of fused-ring (bicyclic) bond motifs is 1. The molecule has 2 aromatic carbocycles. The monoisotopic (exact) mass is 356 g/mol. The minimum atomic E-state index is -3.78. The van der Waals surface area contributed by atoms with Gasteiger partial charge in [0, 0.05) is 0 Å². The Balaban J connectivity index is 2.24. The number of aromatic nitrogens is 1. The van der Waals surface area contributed by atoms with Crippen molar-refractivity contribution in [2.75, 3.05) is 0 Å². The summed E-state index contributed by atoms with van der Waals surface area (Å²) in [4.78, 5) is 0.558. The average Bonchev–Trinajstić information content (AvgIpc) is 2.84. The van der Waals surface area contributed by atoms with Crippen molar-refractivity contribution in [3.63, 3.8) is 0 Å². The van der Waals surface area contributed by atoms with Gasteiger partial charge in [0.25, 0.3) is 10.0 Å². The van der Waals surface area contributed by atoms with Crippen LogP contribution in [0.4, 0.5) is 0 Å². The Morgan fingerprint density at radius 3 is 2.46 bits per heavy atom. The molecule has 0 aliphatic carbocycles. The van der Waals surface area contributed by atoms with Crippen LogP contribution in [0.5, 0.6) is 0 Å². The van der Waals surface area contributed by atoms with Crippen LogP contribution < -0.4 is 4.80 Å². The molecule has 122 valence electrons. The van der Waals surface area contributed by atoms with E-state index >= 15 is 0 Å². The molecule has 0 amide bonds. The van der Waals surface area contributed by atoms with Gasteiger partial charge < -0.3 is 4.57 Å². The van der Waals surface area contributed by atoms with E-state index in [9.17, 15) is 8.42 Å². The number of nitrogens with zero attached hydrogens (tertiary/aromatic N) is 2. The predicted molar refractivity (Wildman–Crippen MR) is 97.3 cm³/mol. The Morgan fingerprint density at radius 1 is 1.12 bits per heavy atom. The highest BCUT2D eigenvalue weighted by Crippen LogP contribution is 2.20. The zero-order chi connectivity index (χ0) is 17.3. The van der Waals surface area contributed by atoms with Crippen molar-refractivity contribution in [3.8, 4) is 12.3 Å². The summed E-state index contributed by atoms with van der Waals surface area (Å²) in [6.45, 7) is 4.17. The first-order valence-corrected chi connectivity index (χ1v) is 9.57. The lowest BCUT2D eigenvalue weighted by Gasteiger charge is -2.01. The molecule has 0 bridgehead atoms. The molecule has 6 heteroatoms. The molecule has 1 aromatic heterocycles. The van der Waals surface area contributed by atoms with Crippen LogP contribution in [0.15, 0.2) is 51.8 Å². The van der Waals surface area contributed by atoms with Crippen molar-refractivity contribution in [2.24, 2.45) is 4.40 Å². The maximum absolute atomic E-state index is 12.6. The molecule has 0 atom stereocenters. The van der Waals surface area contributed by atoms with Crippen LogP contribution in [0.25, 0.3) is 10.2 Å². The molecule has 0 unspecified atom stereocenters. The van der Waals surface area contributed by atoms with Crippen molar-refractivity contribution in [3.05, 3.63) is 58.4 Å². The van der Waals surface area contributed by atoms with E-state index in [0.29, 0.717) is 4.80 Å². The summed E-state index contributed by atoms with van der Waals surface area (Å²) < 4.78 is 31.9. The van der Waals surface area contributed by atoms with Gasteiger partial charge in [0.1, 0.15) is 0 Å². The van der Waals surface area contributed by atoms with E-state index < -0.39 is 10.0 Å². The molecule has 4 nitrogen and oxygen atoms in total. The minimum absolute atomic E-state index is 0.175. The number of thiazole rings is 1. The SMILES string of the molecule is C#CCn1/c(=N/S(=O)(=O)c2ccc(C)cc2)sc2cc(C)ccc21. The third kappa shape index (κ3) is 3.14. The second-order valence-corrected chi connectivity index (χ2v) is 8.14. The lowest BCUT2D eigenvalue weighted by atomic mass is 10.2. The number of benzene rings is 2. The summed E-state index contributed by atoms with van der Waals surface area (Å²) >= 11 is 1.32. The summed E-state index contributed by atoms with van der Waals surface area (Å²) in [5, 5.41) is 0. The number of sulfonamides is 1. The number of hydrogen-bond acceptors (Lipinski definition) is 3. The third-order valence-electron chi connectivity index (χ3n) is 3.60. The van der Waals surface area contributed by atoms with Crippen LogP contribution in [0.3, 0.4) is 0 Å². The number of hydrogen-bond donors (Lipinski definition) is 0. The van der Waals surface area contributed by atoms with Crippen LogP contribution in [0, 0.1) is 26.2 Å². The van der Waals surface area contributed by atoms with Gasteiger partial charge in [-0.05, 0) is 43.7 Å². The maximum Gasteiger partial charge on any atom is 0.285 e. The molecule has 3 aromatic rings. The molecule has 0 aliphatic heterocycles. The van der Waals surface area contributed by atoms with Crippen LogP contribution in [-0.2, 0) is 16.6 Å². The first-order chi connectivity index (χ1) is 11.4. The Labute approximate surface area is 145 Å². The molecule has 0 radical (unpaired) electrons. The fraction of sp³-hybridized carbons (Fsp3) is 0.167. The molecule has 24 heavy (non-hydrogen) atoms. The lowest BCUT2D eigenvalue weighted by Crippen LogP contribution is -2.16. The molecular weight excluding hydrogens is 340 g/mol.